The van der Waals surface area contributed by atoms with Gasteiger partial charge in [-0.05, 0) is 32.9 Å². The minimum absolute atomic E-state index is 0.0500. The highest BCUT2D eigenvalue weighted by Crippen LogP contribution is 2.25. The SMILES string of the molecule is COc1cccc(NC(=O)N2CCN(c3cc(Cl)nc(SCC(=O)NC(C)C)n3)CC2C)c1. The second-order valence-electron chi connectivity index (χ2n) is 7.99. The molecule has 11 heteroatoms. The zero-order valence-corrected chi connectivity index (χ0v) is 20.7. The lowest BCUT2D eigenvalue weighted by atomic mass is 10.2. The van der Waals surface area contributed by atoms with E-state index in [1.165, 1.54) is 11.8 Å². The van der Waals surface area contributed by atoms with E-state index in [2.05, 4.69) is 25.5 Å². The highest BCUT2D eigenvalue weighted by molar-refractivity contribution is 7.99. The zero-order valence-electron chi connectivity index (χ0n) is 19.2. The highest BCUT2D eigenvalue weighted by atomic mass is 35.5. The maximum atomic E-state index is 12.8. The molecule has 0 bridgehead atoms. The number of rotatable bonds is 7. The summed E-state index contributed by atoms with van der Waals surface area (Å²) in [5.41, 5.74) is 0.680. The van der Waals surface area contributed by atoms with Gasteiger partial charge in [0.15, 0.2) is 5.16 Å². The Balaban J connectivity index is 1.61. The van der Waals surface area contributed by atoms with Crippen molar-refractivity contribution in [2.75, 3.05) is 42.7 Å². The highest BCUT2D eigenvalue weighted by Gasteiger charge is 2.28. The number of nitrogens with one attached hydrogen (secondary N) is 2. The van der Waals surface area contributed by atoms with Crippen LogP contribution in [0.15, 0.2) is 35.5 Å². The second-order valence-corrected chi connectivity index (χ2v) is 9.32. The Labute approximate surface area is 203 Å². The van der Waals surface area contributed by atoms with Crippen LogP contribution in [0.4, 0.5) is 16.3 Å². The summed E-state index contributed by atoms with van der Waals surface area (Å²) in [7, 11) is 1.59. The molecule has 178 valence electrons. The number of benzene rings is 1. The molecule has 2 N–H and O–H groups in total. The first-order chi connectivity index (χ1) is 15.7. The van der Waals surface area contributed by atoms with Crippen LogP contribution in [0.1, 0.15) is 20.8 Å². The van der Waals surface area contributed by atoms with Crippen LogP contribution in [0, 0.1) is 0 Å². The number of aromatic nitrogens is 2. The lowest BCUT2D eigenvalue weighted by Crippen LogP contribution is -2.55. The van der Waals surface area contributed by atoms with Crippen LogP contribution in [-0.2, 0) is 4.79 Å². The molecule has 1 atom stereocenters. The number of anilines is 2. The molecule has 0 spiro atoms. The van der Waals surface area contributed by atoms with Gasteiger partial charge in [0, 0.05) is 49.5 Å². The van der Waals surface area contributed by atoms with Gasteiger partial charge in [-0.3, -0.25) is 4.79 Å². The molecule has 1 aliphatic rings. The number of urea groups is 1. The molecule has 1 aliphatic heterocycles. The molecule has 1 saturated heterocycles. The van der Waals surface area contributed by atoms with Crippen molar-refractivity contribution in [2.24, 2.45) is 0 Å². The Bertz CT molecular complexity index is 992. The summed E-state index contributed by atoms with van der Waals surface area (Å²) in [4.78, 5) is 37.4. The molecule has 0 saturated carbocycles. The van der Waals surface area contributed by atoms with E-state index in [0.29, 0.717) is 47.2 Å². The van der Waals surface area contributed by atoms with Crippen LogP contribution in [0.25, 0.3) is 0 Å². The molecule has 1 aromatic heterocycles. The van der Waals surface area contributed by atoms with Crippen LogP contribution in [0.3, 0.4) is 0 Å². The van der Waals surface area contributed by atoms with Crippen molar-refractivity contribution >= 4 is 46.8 Å². The molecular formula is C22H29ClN6O3S. The fourth-order valence-electron chi connectivity index (χ4n) is 3.47. The number of thioether (sulfide) groups is 1. The van der Waals surface area contributed by atoms with Crippen LogP contribution >= 0.6 is 23.4 Å². The number of amides is 3. The van der Waals surface area contributed by atoms with E-state index in [1.807, 2.05) is 39.0 Å². The van der Waals surface area contributed by atoms with Gasteiger partial charge in [0.2, 0.25) is 5.91 Å². The van der Waals surface area contributed by atoms with E-state index in [1.54, 1.807) is 24.1 Å². The first-order valence-corrected chi connectivity index (χ1v) is 12.0. The molecule has 1 unspecified atom stereocenters. The molecule has 0 aliphatic carbocycles. The van der Waals surface area contributed by atoms with Gasteiger partial charge in [-0.15, -0.1) is 0 Å². The molecule has 33 heavy (non-hydrogen) atoms. The number of carbonyl (C=O) groups excluding carboxylic acids is 2. The van der Waals surface area contributed by atoms with E-state index in [4.69, 9.17) is 16.3 Å². The minimum Gasteiger partial charge on any atom is -0.497 e. The molecule has 0 radical (unpaired) electrons. The topological polar surface area (TPSA) is 99.7 Å². The van der Waals surface area contributed by atoms with Gasteiger partial charge in [0.25, 0.3) is 0 Å². The first kappa shape index (κ1) is 24.9. The summed E-state index contributed by atoms with van der Waals surface area (Å²) in [6.45, 7) is 7.53. The Morgan fingerprint density at radius 3 is 2.76 bits per heavy atom. The van der Waals surface area contributed by atoms with E-state index >= 15 is 0 Å². The largest absolute Gasteiger partial charge is 0.497 e. The van der Waals surface area contributed by atoms with Crippen LogP contribution in [0.5, 0.6) is 5.75 Å². The number of carbonyl (C=O) groups is 2. The van der Waals surface area contributed by atoms with Crippen LogP contribution < -0.4 is 20.3 Å². The van der Waals surface area contributed by atoms with E-state index in [0.717, 1.165) is 0 Å². The van der Waals surface area contributed by atoms with Crippen molar-refractivity contribution in [1.82, 2.24) is 20.2 Å². The molecule has 2 aromatic rings. The second kappa shape index (κ2) is 11.4. The lowest BCUT2D eigenvalue weighted by molar-refractivity contribution is -0.119. The molecular weight excluding hydrogens is 464 g/mol. The number of halogens is 1. The Morgan fingerprint density at radius 1 is 1.27 bits per heavy atom. The Morgan fingerprint density at radius 2 is 2.06 bits per heavy atom. The summed E-state index contributed by atoms with van der Waals surface area (Å²) < 4.78 is 5.21. The van der Waals surface area contributed by atoms with Gasteiger partial charge in [0.05, 0.1) is 12.9 Å². The fourth-order valence-corrected chi connectivity index (χ4v) is 4.36. The number of piperazine rings is 1. The summed E-state index contributed by atoms with van der Waals surface area (Å²) in [6.07, 6.45) is 0. The molecule has 2 heterocycles. The van der Waals surface area contributed by atoms with E-state index < -0.39 is 0 Å². The quantitative estimate of drug-likeness (QED) is 0.346. The number of hydrogen-bond acceptors (Lipinski definition) is 7. The number of methoxy groups -OCH3 is 1. The van der Waals surface area contributed by atoms with Gasteiger partial charge >= 0.3 is 6.03 Å². The van der Waals surface area contributed by atoms with Crippen LogP contribution in [-0.4, -0.2) is 71.4 Å². The Kier molecular flexibility index (Phi) is 8.62. The number of hydrogen-bond donors (Lipinski definition) is 2. The van der Waals surface area contributed by atoms with Gasteiger partial charge in [0.1, 0.15) is 16.7 Å². The number of ether oxygens (including phenoxy) is 1. The van der Waals surface area contributed by atoms with Crippen LogP contribution in [0.2, 0.25) is 5.15 Å². The maximum absolute atomic E-state index is 12.8. The zero-order chi connectivity index (χ0) is 24.0. The van der Waals surface area contributed by atoms with E-state index in [9.17, 15) is 9.59 Å². The van der Waals surface area contributed by atoms with Gasteiger partial charge < -0.3 is 25.2 Å². The molecule has 3 amide bonds. The predicted molar refractivity (Wildman–Crippen MR) is 131 cm³/mol. The summed E-state index contributed by atoms with van der Waals surface area (Å²) in [5, 5.41) is 6.54. The normalized spacial score (nSPS) is 16.0. The number of nitrogens with zero attached hydrogens (tertiary/aromatic N) is 4. The third kappa shape index (κ3) is 7.13. The average Bonchev–Trinajstić information content (AvgIpc) is 2.77. The Hall–Kier alpha value is -2.72. The van der Waals surface area contributed by atoms with Crippen molar-refractivity contribution in [2.45, 2.75) is 38.0 Å². The third-order valence-corrected chi connectivity index (χ3v) is 6.02. The van der Waals surface area contributed by atoms with Crippen molar-refractivity contribution in [3.8, 4) is 5.75 Å². The first-order valence-electron chi connectivity index (χ1n) is 10.7. The summed E-state index contributed by atoms with van der Waals surface area (Å²) >= 11 is 7.47. The van der Waals surface area contributed by atoms with Gasteiger partial charge in [-0.25, -0.2) is 14.8 Å². The van der Waals surface area contributed by atoms with E-state index in [-0.39, 0.29) is 29.8 Å². The van der Waals surface area contributed by atoms with Crippen molar-refractivity contribution in [1.29, 1.82) is 0 Å². The summed E-state index contributed by atoms with van der Waals surface area (Å²) in [6, 6.07) is 8.83. The lowest BCUT2D eigenvalue weighted by Gasteiger charge is -2.40. The standard InChI is InChI=1S/C22H29ClN6O3S/c1-14(2)24-20(30)13-33-21-26-18(23)11-19(27-21)28-8-9-29(15(3)12-28)22(31)25-16-6-5-7-17(10-16)32-4/h5-7,10-11,14-15H,8-9,12-13H2,1-4H3,(H,24,30)(H,25,31). The molecule has 1 fully saturated rings. The maximum Gasteiger partial charge on any atom is 0.322 e. The van der Waals surface area contributed by atoms with Crippen molar-refractivity contribution < 1.29 is 14.3 Å². The predicted octanol–water partition coefficient (Wildman–Crippen LogP) is 3.50. The molecule has 1 aromatic carbocycles. The molecule has 9 nitrogen and oxygen atoms in total. The van der Waals surface area contributed by atoms with Gasteiger partial charge in [-0.2, -0.15) is 0 Å². The minimum atomic E-state index is -0.163. The average molecular weight is 493 g/mol. The molecule has 3 rings (SSSR count). The summed E-state index contributed by atoms with van der Waals surface area (Å²) in [5.74, 6) is 1.50. The van der Waals surface area contributed by atoms with Gasteiger partial charge in [-0.1, -0.05) is 29.4 Å². The smallest absolute Gasteiger partial charge is 0.322 e. The third-order valence-electron chi connectivity index (χ3n) is 4.98. The fraction of sp³-hybridized carbons (Fsp3) is 0.455. The monoisotopic (exact) mass is 492 g/mol. The van der Waals surface area contributed by atoms with Crippen molar-refractivity contribution in [3.05, 3.63) is 35.5 Å². The van der Waals surface area contributed by atoms with Crippen molar-refractivity contribution in [3.63, 3.8) is 0 Å².